The van der Waals surface area contributed by atoms with E-state index < -0.39 is 0 Å². The average Bonchev–Trinajstić information content (AvgIpc) is 2.30. The van der Waals surface area contributed by atoms with E-state index in [0.717, 1.165) is 39.3 Å². The predicted molar refractivity (Wildman–Crippen MR) is 68.9 cm³/mol. The third-order valence-electron chi connectivity index (χ3n) is 3.27. The Morgan fingerprint density at radius 3 is 2.53 bits per heavy atom. The lowest BCUT2D eigenvalue weighted by Crippen LogP contribution is -2.51. The highest BCUT2D eigenvalue weighted by molar-refractivity contribution is 5.75. The summed E-state index contributed by atoms with van der Waals surface area (Å²) in [6.07, 6.45) is 1.55. The summed E-state index contributed by atoms with van der Waals surface area (Å²) in [6.45, 7) is 10.8. The lowest BCUT2D eigenvalue weighted by molar-refractivity contribution is -0.121. The van der Waals surface area contributed by atoms with E-state index in [4.69, 9.17) is 4.74 Å². The van der Waals surface area contributed by atoms with Crippen molar-refractivity contribution in [1.29, 1.82) is 0 Å². The van der Waals surface area contributed by atoms with Crippen molar-refractivity contribution in [3.05, 3.63) is 0 Å². The van der Waals surface area contributed by atoms with Gasteiger partial charge in [0.15, 0.2) is 0 Å². The van der Waals surface area contributed by atoms with Gasteiger partial charge in [-0.3, -0.25) is 9.69 Å². The van der Waals surface area contributed by atoms with Crippen LogP contribution in [-0.2, 0) is 9.53 Å². The largest absolute Gasteiger partial charge is 0.379 e. The normalized spacial score (nSPS) is 19.3. The summed E-state index contributed by atoms with van der Waals surface area (Å²) in [4.78, 5) is 13.9. The van der Waals surface area contributed by atoms with Gasteiger partial charge in [-0.05, 0) is 12.3 Å². The molecular weight excluding hydrogens is 216 g/mol. The van der Waals surface area contributed by atoms with Crippen LogP contribution in [0, 0.1) is 5.92 Å². The van der Waals surface area contributed by atoms with Crippen LogP contribution in [0.15, 0.2) is 0 Å². The number of ether oxygens (including phenoxy) is 1. The molecule has 1 heterocycles. The zero-order valence-corrected chi connectivity index (χ0v) is 11.4. The molecule has 1 saturated heterocycles. The first-order valence-corrected chi connectivity index (χ1v) is 6.73. The van der Waals surface area contributed by atoms with Crippen LogP contribution in [0.2, 0.25) is 0 Å². The molecule has 0 aromatic rings. The van der Waals surface area contributed by atoms with Crippen LogP contribution in [0.3, 0.4) is 0 Å². The third kappa shape index (κ3) is 5.04. The number of hydrogen-bond acceptors (Lipinski definition) is 3. The molecule has 0 radical (unpaired) electrons. The zero-order chi connectivity index (χ0) is 12.7. The summed E-state index contributed by atoms with van der Waals surface area (Å²) >= 11 is 0. The van der Waals surface area contributed by atoms with Crippen molar-refractivity contribution in [2.45, 2.75) is 39.7 Å². The molecule has 100 valence electrons. The van der Waals surface area contributed by atoms with Gasteiger partial charge in [0.05, 0.1) is 13.2 Å². The van der Waals surface area contributed by atoms with E-state index in [2.05, 4.69) is 24.1 Å². The van der Waals surface area contributed by atoms with Gasteiger partial charge in [0, 0.05) is 32.1 Å². The van der Waals surface area contributed by atoms with Gasteiger partial charge < -0.3 is 10.1 Å². The van der Waals surface area contributed by atoms with Gasteiger partial charge in [-0.1, -0.05) is 20.8 Å². The van der Waals surface area contributed by atoms with Gasteiger partial charge >= 0.3 is 0 Å². The van der Waals surface area contributed by atoms with Crippen LogP contribution in [0.25, 0.3) is 0 Å². The predicted octanol–water partition coefficient (Wildman–Crippen LogP) is 1.26. The van der Waals surface area contributed by atoms with Gasteiger partial charge in [-0.15, -0.1) is 0 Å². The van der Waals surface area contributed by atoms with Gasteiger partial charge in [-0.25, -0.2) is 0 Å². The van der Waals surface area contributed by atoms with Crippen molar-refractivity contribution in [3.8, 4) is 0 Å². The van der Waals surface area contributed by atoms with E-state index >= 15 is 0 Å². The van der Waals surface area contributed by atoms with Crippen LogP contribution < -0.4 is 5.32 Å². The van der Waals surface area contributed by atoms with Crippen LogP contribution in [0.5, 0.6) is 0 Å². The summed E-state index contributed by atoms with van der Waals surface area (Å²) in [5.74, 6) is 0.724. The maximum Gasteiger partial charge on any atom is 0.220 e. The molecular formula is C13H26N2O2. The van der Waals surface area contributed by atoms with Crippen molar-refractivity contribution in [3.63, 3.8) is 0 Å². The van der Waals surface area contributed by atoms with Crippen LogP contribution >= 0.6 is 0 Å². The monoisotopic (exact) mass is 242 g/mol. The molecule has 0 bridgehead atoms. The van der Waals surface area contributed by atoms with E-state index in [1.54, 1.807) is 0 Å². The number of rotatable bonds is 6. The van der Waals surface area contributed by atoms with E-state index in [9.17, 15) is 4.79 Å². The Morgan fingerprint density at radius 1 is 1.35 bits per heavy atom. The average molecular weight is 242 g/mol. The summed E-state index contributed by atoms with van der Waals surface area (Å²) in [5, 5.41) is 3.04. The fourth-order valence-electron chi connectivity index (χ4n) is 2.23. The van der Waals surface area contributed by atoms with E-state index in [1.807, 2.05) is 6.92 Å². The van der Waals surface area contributed by atoms with Crippen molar-refractivity contribution >= 4 is 5.91 Å². The molecule has 0 unspecified atom stereocenters. The first kappa shape index (κ1) is 14.5. The van der Waals surface area contributed by atoms with Gasteiger partial charge in [0.25, 0.3) is 0 Å². The van der Waals surface area contributed by atoms with Gasteiger partial charge in [-0.2, -0.15) is 0 Å². The molecule has 17 heavy (non-hydrogen) atoms. The first-order valence-electron chi connectivity index (χ1n) is 6.73. The highest BCUT2D eigenvalue weighted by Crippen LogP contribution is 2.12. The smallest absolute Gasteiger partial charge is 0.220 e. The van der Waals surface area contributed by atoms with E-state index in [-0.39, 0.29) is 5.91 Å². The number of carbonyl (C=O) groups excluding carboxylic acids is 1. The summed E-state index contributed by atoms with van der Waals surface area (Å²) in [7, 11) is 0. The Bertz CT molecular complexity index is 225. The van der Waals surface area contributed by atoms with Crippen molar-refractivity contribution < 1.29 is 9.53 Å². The SMILES string of the molecule is CCCC(=O)NC[C@H](C(C)C)N1CCOCC1. The molecule has 1 N–H and O–H groups in total. The highest BCUT2D eigenvalue weighted by atomic mass is 16.5. The van der Waals surface area contributed by atoms with Gasteiger partial charge in [0.2, 0.25) is 5.91 Å². The lowest BCUT2D eigenvalue weighted by atomic mass is 10.0. The maximum absolute atomic E-state index is 11.5. The molecule has 4 heteroatoms. The summed E-state index contributed by atoms with van der Waals surface area (Å²) in [5.41, 5.74) is 0. The Morgan fingerprint density at radius 2 is 2.00 bits per heavy atom. The number of nitrogens with one attached hydrogen (secondary N) is 1. The van der Waals surface area contributed by atoms with Crippen LogP contribution in [0.4, 0.5) is 0 Å². The fourth-order valence-corrected chi connectivity index (χ4v) is 2.23. The molecule has 0 aromatic carbocycles. The Labute approximate surface area is 105 Å². The second kappa shape index (κ2) is 7.67. The van der Waals surface area contributed by atoms with Crippen molar-refractivity contribution in [2.75, 3.05) is 32.8 Å². The number of amides is 1. The van der Waals surface area contributed by atoms with Crippen molar-refractivity contribution in [1.82, 2.24) is 10.2 Å². The molecule has 0 aliphatic carbocycles. The molecule has 0 saturated carbocycles. The van der Waals surface area contributed by atoms with Crippen molar-refractivity contribution in [2.24, 2.45) is 5.92 Å². The molecule has 1 fully saturated rings. The molecule has 0 aromatic heterocycles. The quantitative estimate of drug-likeness (QED) is 0.762. The highest BCUT2D eigenvalue weighted by Gasteiger charge is 2.23. The summed E-state index contributed by atoms with van der Waals surface area (Å²) < 4.78 is 5.36. The Balaban J connectivity index is 2.39. The second-order valence-corrected chi connectivity index (χ2v) is 5.01. The Kier molecular flexibility index (Phi) is 6.52. The number of nitrogens with zero attached hydrogens (tertiary/aromatic N) is 1. The number of morpholine rings is 1. The summed E-state index contributed by atoms with van der Waals surface area (Å²) in [6, 6.07) is 0.430. The molecule has 4 nitrogen and oxygen atoms in total. The maximum atomic E-state index is 11.5. The van der Waals surface area contributed by atoms with E-state index in [0.29, 0.717) is 18.4 Å². The minimum atomic E-state index is 0.173. The zero-order valence-electron chi connectivity index (χ0n) is 11.4. The number of hydrogen-bond donors (Lipinski definition) is 1. The molecule has 1 atom stereocenters. The third-order valence-corrected chi connectivity index (χ3v) is 3.27. The van der Waals surface area contributed by atoms with Crippen LogP contribution in [-0.4, -0.2) is 49.7 Å². The Hall–Kier alpha value is -0.610. The molecule has 0 spiro atoms. The van der Waals surface area contributed by atoms with Crippen LogP contribution in [0.1, 0.15) is 33.6 Å². The second-order valence-electron chi connectivity index (χ2n) is 5.01. The molecule has 1 aliphatic rings. The molecule has 1 aliphatic heterocycles. The number of carbonyl (C=O) groups is 1. The first-order chi connectivity index (χ1) is 8.15. The minimum absolute atomic E-state index is 0.173. The standard InChI is InChI=1S/C13H26N2O2/c1-4-5-13(16)14-10-12(11(2)3)15-6-8-17-9-7-15/h11-12H,4-10H2,1-3H3,(H,14,16)/t12-/m1/s1. The lowest BCUT2D eigenvalue weighted by Gasteiger charge is -2.36. The topological polar surface area (TPSA) is 41.6 Å². The molecule has 1 rings (SSSR count). The molecule has 1 amide bonds. The van der Waals surface area contributed by atoms with E-state index in [1.165, 1.54) is 0 Å². The minimum Gasteiger partial charge on any atom is -0.379 e. The van der Waals surface area contributed by atoms with Gasteiger partial charge in [0.1, 0.15) is 0 Å². The fraction of sp³-hybridized carbons (Fsp3) is 0.923.